The summed E-state index contributed by atoms with van der Waals surface area (Å²) in [5, 5.41) is 11.9. The molecule has 128 valence electrons. The topological polar surface area (TPSA) is 80.5 Å². The molecule has 3 aromatic rings. The maximum absolute atomic E-state index is 13.0. The van der Waals surface area contributed by atoms with Gasteiger partial charge in [-0.05, 0) is 55.3 Å². The first-order chi connectivity index (χ1) is 12.4. The quantitative estimate of drug-likeness (QED) is 0.396. The van der Waals surface area contributed by atoms with Crippen molar-refractivity contribution >= 4 is 34.0 Å². The number of rotatable bonds is 2. The van der Waals surface area contributed by atoms with E-state index in [0.29, 0.717) is 27.6 Å². The van der Waals surface area contributed by atoms with Gasteiger partial charge in [0.15, 0.2) is 0 Å². The Morgan fingerprint density at radius 1 is 0.885 bits per heavy atom. The molecule has 1 aliphatic heterocycles. The van der Waals surface area contributed by atoms with Crippen molar-refractivity contribution < 1.29 is 14.5 Å². The van der Waals surface area contributed by atoms with Crippen LogP contribution in [0.3, 0.4) is 0 Å². The maximum atomic E-state index is 13.0. The number of nitrogens with zero attached hydrogens (tertiary/aromatic N) is 2. The minimum atomic E-state index is -0.506. The van der Waals surface area contributed by atoms with E-state index in [1.54, 1.807) is 30.3 Å². The SMILES string of the molecule is Cc1ccc(N2C(=O)c3cccc4c([N+](=O)[O-])ccc(c34)C2=O)cc1C. The Morgan fingerprint density at radius 2 is 1.58 bits per heavy atom. The predicted molar refractivity (Wildman–Crippen MR) is 97.7 cm³/mol. The second-order valence-corrected chi connectivity index (χ2v) is 6.33. The number of nitro benzene ring substituents is 1. The molecule has 4 rings (SSSR count). The summed E-state index contributed by atoms with van der Waals surface area (Å²) in [6, 6.07) is 12.9. The number of hydrogen-bond donors (Lipinski definition) is 0. The number of hydrogen-bond acceptors (Lipinski definition) is 4. The highest BCUT2D eigenvalue weighted by atomic mass is 16.6. The van der Waals surface area contributed by atoms with E-state index < -0.39 is 16.7 Å². The molecule has 0 saturated heterocycles. The van der Waals surface area contributed by atoms with Gasteiger partial charge in [-0.15, -0.1) is 0 Å². The van der Waals surface area contributed by atoms with Gasteiger partial charge in [0.1, 0.15) is 0 Å². The van der Waals surface area contributed by atoms with Crippen molar-refractivity contribution in [1.82, 2.24) is 0 Å². The van der Waals surface area contributed by atoms with E-state index in [4.69, 9.17) is 0 Å². The maximum Gasteiger partial charge on any atom is 0.277 e. The number of imide groups is 1. The number of nitro groups is 1. The lowest BCUT2D eigenvalue weighted by Gasteiger charge is -2.27. The van der Waals surface area contributed by atoms with Crippen molar-refractivity contribution in [3.63, 3.8) is 0 Å². The molecule has 0 aromatic heterocycles. The predicted octanol–water partition coefficient (Wildman–Crippen LogP) is 4.17. The van der Waals surface area contributed by atoms with Gasteiger partial charge in [0.2, 0.25) is 0 Å². The molecule has 6 nitrogen and oxygen atoms in total. The summed E-state index contributed by atoms with van der Waals surface area (Å²) in [6.45, 7) is 3.86. The van der Waals surface area contributed by atoms with Crippen LogP contribution in [0.5, 0.6) is 0 Å². The molecule has 0 saturated carbocycles. The summed E-state index contributed by atoms with van der Waals surface area (Å²) >= 11 is 0. The zero-order valence-corrected chi connectivity index (χ0v) is 14.1. The molecule has 26 heavy (non-hydrogen) atoms. The molecule has 0 aliphatic carbocycles. The molecule has 0 fully saturated rings. The van der Waals surface area contributed by atoms with Crippen LogP contribution in [-0.2, 0) is 0 Å². The first-order valence-corrected chi connectivity index (χ1v) is 8.06. The molecular weight excluding hydrogens is 332 g/mol. The van der Waals surface area contributed by atoms with Gasteiger partial charge in [-0.3, -0.25) is 19.7 Å². The fourth-order valence-electron chi connectivity index (χ4n) is 3.34. The van der Waals surface area contributed by atoms with Crippen LogP contribution >= 0.6 is 0 Å². The van der Waals surface area contributed by atoms with Crippen LogP contribution in [0.4, 0.5) is 11.4 Å². The number of non-ortho nitro benzene ring substituents is 1. The highest BCUT2D eigenvalue weighted by molar-refractivity contribution is 6.36. The Morgan fingerprint density at radius 3 is 2.23 bits per heavy atom. The Kier molecular flexibility index (Phi) is 3.37. The second kappa shape index (κ2) is 5.49. The molecule has 6 heteroatoms. The lowest BCUT2D eigenvalue weighted by molar-refractivity contribution is -0.383. The van der Waals surface area contributed by atoms with E-state index in [9.17, 15) is 19.7 Å². The zero-order chi connectivity index (χ0) is 18.6. The Bertz CT molecular complexity index is 1110. The summed E-state index contributed by atoms with van der Waals surface area (Å²) in [7, 11) is 0. The molecule has 0 atom stereocenters. The molecule has 0 unspecified atom stereocenters. The summed E-state index contributed by atoms with van der Waals surface area (Å²) in [5.41, 5.74) is 2.98. The molecule has 0 N–H and O–H groups in total. The molecule has 0 bridgehead atoms. The van der Waals surface area contributed by atoms with Gasteiger partial charge < -0.3 is 0 Å². The summed E-state index contributed by atoms with van der Waals surface area (Å²) in [6.07, 6.45) is 0. The first kappa shape index (κ1) is 16.0. The molecular formula is C20H14N2O4. The molecule has 1 aliphatic rings. The number of carbonyl (C=O) groups is 2. The van der Waals surface area contributed by atoms with Crippen molar-refractivity contribution in [3.8, 4) is 0 Å². The number of carbonyl (C=O) groups excluding carboxylic acids is 2. The van der Waals surface area contributed by atoms with Crippen LogP contribution in [-0.4, -0.2) is 16.7 Å². The van der Waals surface area contributed by atoms with Crippen LogP contribution < -0.4 is 4.90 Å². The minimum absolute atomic E-state index is 0.120. The lowest BCUT2D eigenvalue weighted by atomic mass is 9.92. The fourth-order valence-corrected chi connectivity index (χ4v) is 3.34. The van der Waals surface area contributed by atoms with Crippen molar-refractivity contribution in [2.45, 2.75) is 13.8 Å². The highest BCUT2D eigenvalue weighted by Crippen LogP contribution is 2.37. The number of benzene rings is 3. The average Bonchev–Trinajstić information content (AvgIpc) is 2.62. The third-order valence-corrected chi connectivity index (χ3v) is 4.83. The minimum Gasteiger partial charge on any atom is -0.268 e. The van der Waals surface area contributed by atoms with Crippen LogP contribution in [0.15, 0.2) is 48.5 Å². The van der Waals surface area contributed by atoms with E-state index in [2.05, 4.69) is 0 Å². The van der Waals surface area contributed by atoms with E-state index in [1.807, 2.05) is 19.9 Å². The number of amides is 2. The normalized spacial score (nSPS) is 13.4. The van der Waals surface area contributed by atoms with Crippen LogP contribution in [0, 0.1) is 24.0 Å². The third-order valence-electron chi connectivity index (χ3n) is 4.83. The Balaban J connectivity index is 1.98. The Labute approximate surface area is 148 Å². The summed E-state index contributed by atoms with van der Waals surface area (Å²) in [4.78, 5) is 38.0. The van der Waals surface area contributed by atoms with Crippen molar-refractivity contribution in [3.05, 3.63) is 80.9 Å². The van der Waals surface area contributed by atoms with Gasteiger partial charge in [0.25, 0.3) is 17.5 Å². The summed E-state index contributed by atoms with van der Waals surface area (Å²) < 4.78 is 0. The highest BCUT2D eigenvalue weighted by Gasteiger charge is 2.35. The van der Waals surface area contributed by atoms with Gasteiger partial charge in [0, 0.05) is 22.6 Å². The van der Waals surface area contributed by atoms with E-state index >= 15 is 0 Å². The van der Waals surface area contributed by atoms with E-state index in [-0.39, 0.29) is 5.69 Å². The second-order valence-electron chi connectivity index (χ2n) is 6.33. The van der Waals surface area contributed by atoms with Crippen molar-refractivity contribution in [2.75, 3.05) is 4.90 Å². The first-order valence-electron chi connectivity index (χ1n) is 8.06. The van der Waals surface area contributed by atoms with Crippen LogP contribution in [0.2, 0.25) is 0 Å². The lowest BCUT2D eigenvalue weighted by Crippen LogP contribution is -2.40. The van der Waals surface area contributed by atoms with Gasteiger partial charge in [0.05, 0.1) is 16.0 Å². The smallest absolute Gasteiger partial charge is 0.268 e. The van der Waals surface area contributed by atoms with Gasteiger partial charge in [-0.2, -0.15) is 0 Å². The van der Waals surface area contributed by atoms with Crippen LogP contribution in [0.1, 0.15) is 31.8 Å². The van der Waals surface area contributed by atoms with Gasteiger partial charge >= 0.3 is 0 Å². The number of aryl methyl sites for hydroxylation is 2. The van der Waals surface area contributed by atoms with Gasteiger partial charge in [-0.25, -0.2) is 4.90 Å². The van der Waals surface area contributed by atoms with Crippen molar-refractivity contribution in [1.29, 1.82) is 0 Å². The summed E-state index contributed by atoms with van der Waals surface area (Å²) in [5.74, 6) is -0.950. The van der Waals surface area contributed by atoms with Crippen LogP contribution in [0.25, 0.3) is 10.8 Å². The molecule has 0 spiro atoms. The fraction of sp³-hybridized carbons (Fsp3) is 0.100. The van der Waals surface area contributed by atoms with Crippen molar-refractivity contribution in [2.24, 2.45) is 0 Å². The molecule has 2 amide bonds. The average molecular weight is 346 g/mol. The molecule has 3 aromatic carbocycles. The van der Waals surface area contributed by atoms with E-state index in [0.717, 1.165) is 16.0 Å². The van der Waals surface area contributed by atoms with Gasteiger partial charge in [-0.1, -0.05) is 12.1 Å². The molecule has 1 heterocycles. The number of anilines is 1. The zero-order valence-electron chi connectivity index (χ0n) is 14.1. The monoisotopic (exact) mass is 346 g/mol. The molecule has 0 radical (unpaired) electrons. The van der Waals surface area contributed by atoms with E-state index in [1.165, 1.54) is 12.1 Å². The standard InChI is InChI=1S/C20H14N2O4/c1-11-6-7-13(10-12(11)2)21-19(23)15-5-3-4-14-17(22(25)26)9-8-16(18(14)15)20(21)24/h3-10H,1-2H3. The largest absolute Gasteiger partial charge is 0.277 e. The Hall–Kier alpha value is -3.54. The third kappa shape index (κ3) is 2.12.